The van der Waals surface area contributed by atoms with Gasteiger partial charge in [-0.1, -0.05) is 6.92 Å². The van der Waals surface area contributed by atoms with Crippen LogP contribution in [0.4, 0.5) is 0 Å². The minimum absolute atomic E-state index is 0.370. The number of nitrogens with zero attached hydrogens (tertiary/aromatic N) is 1. The van der Waals surface area contributed by atoms with E-state index in [9.17, 15) is 4.79 Å². The van der Waals surface area contributed by atoms with Crippen molar-refractivity contribution in [2.24, 2.45) is 0 Å². The maximum absolute atomic E-state index is 11.0. The van der Waals surface area contributed by atoms with E-state index in [2.05, 4.69) is 4.98 Å². The van der Waals surface area contributed by atoms with Gasteiger partial charge < -0.3 is 9.84 Å². The third kappa shape index (κ3) is 2.93. The van der Waals surface area contributed by atoms with Gasteiger partial charge in [-0.05, 0) is 35.9 Å². The number of pyridine rings is 1. The molecule has 2 aromatic heterocycles. The Labute approximate surface area is 115 Å². The first-order chi connectivity index (χ1) is 9.13. The van der Waals surface area contributed by atoms with Crippen molar-refractivity contribution >= 4 is 17.3 Å². The molecule has 2 rings (SSSR count). The number of hydrogen-bond donors (Lipinski definition) is 1. The molecule has 0 unspecified atom stereocenters. The number of hydrogen-bond acceptors (Lipinski definition) is 4. The van der Waals surface area contributed by atoms with Crippen LogP contribution in [0.5, 0.6) is 5.75 Å². The molecule has 5 heteroatoms. The number of carboxylic acid groups (broad SMARTS) is 1. The number of ether oxygens (including phenoxy) is 1. The second kappa shape index (κ2) is 5.84. The minimum Gasteiger partial charge on any atom is -0.492 e. The molecule has 0 radical (unpaired) electrons. The Morgan fingerprint density at radius 1 is 1.47 bits per heavy atom. The van der Waals surface area contributed by atoms with E-state index in [4.69, 9.17) is 9.84 Å². The first-order valence-corrected chi connectivity index (χ1v) is 6.91. The fourth-order valence-electron chi connectivity index (χ4n) is 1.78. The van der Waals surface area contributed by atoms with Gasteiger partial charge in [0.15, 0.2) is 0 Å². The molecule has 19 heavy (non-hydrogen) atoms. The molecule has 2 aromatic rings. The lowest BCUT2D eigenvalue weighted by atomic mass is 10.1. The molecule has 0 saturated carbocycles. The van der Waals surface area contributed by atoms with E-state index in [0.29, 0.717) is 17.2 Å². The van der Waals surface area contributed by atoms with Crippen molar-refractivity contribution in [3.8, 4) is 16.9 Å². The monoisotopic (exact) mass is 277 g/mol. The van der Waals surface area contributed by atoms with Crippen molar-refractivity contribution < 1.29 is 14.6 Å². The second-order valence-electron chi connectivity index (χ2n) is 4.17. The molecule has 0 bridgehead atoms. The molecule has 0 fully saturated rings. The van der Waals surface area contributed by atoms with Crippen LogP contribution in [0.15, 0.2) is 23.8 Å². The summed E-state index contributed by atoms with van der Waals surface area (Å²) in [6.45, 7) is 4.50. The Morgan fingerprint density at radius 2 is 2.26 bits per heavy atom. The van der Waals surface area contributed by atoms with Crippen LogP contribution >= 0.6 is 11.3 Å². The maximum Gasteiger partial charge on any atom is 0.346 e. The molecular formula is C14H15NO3S. The highest BCUT2D eigenvalue weighted by Crippen LogP contribution is 2.32. The molecule has 2 heterocycles. The van der Waals surface area contributed by atoms with Crippen LogP contribution in [0.2, 0.25) is 0 Å². The maximum atomic E-state index is 11.0. The predicted molar refractivity (Wildman–Crippen MR) is 75.0 cm³/mol. The molecule has 0 aliphatic heterocycles. The first-order valence-electron chi connectivity index (χ1n) is 6.03. The number of carbonyl (C=O) groups is 1. The van der Waals surface area contributed by atoms with Crippen LogP contribution in [0.25, 0.3) is 11.1 Å². The molecule has 0 aliphatic carbocycles. The molecule has 0 aliphatic rings. The van der Waals surface area contributed by atoms with Gasteiger partial charge in [-0.25, -0.2) is 4.79 Å². The third-order valence-electron chi connectivity index (χ3n) is 2.73. The van der Waals surface area contributed by atoms with E-state index in [1.54, 1.807) is 12.4 Å². The highest BCUT2D eigenvalue weighted by molar-refractivity contribution is 7.12. The van der Waals surface area contributed by atoms with Crippen molar-refractivity contribution in [1.82, 2.24) is 4.98 Å². The van der Waals surface area contributed by atoms with Crippen LogP contribution < -0.4 is 4.74 Å². The van der Waals surface area contributed by atoms with Gasteiger partial charge in [0, 0.05) is 11.8 Å². The topological polar surface area (TPSA) is 59.4 Å². The molecule has 0 atom stereocenters. The summed E-state index contributed by atoms with van der Waals surface area (Å²) in [5, 5.41) is 10.9. The van der Waals surface area contributed by atoms with Gasteiger partial charge in [-0.2, -0.15) is 0 Å². The number of thiophene rings is 1. The quantitative estimate of drug-likeness (QED) is 0.907. The van der Waals surface area contributed by atoms with Gasteiger partial charge in [0.05, 0.1) is 12.8 Å². The number of aromatic carboxylic acids is 1. The van der Waals surface area contributed by atoms with Crippen LogP contribution in [0.3, 0.4) is 0 Å². The van der Waals surface area contributed by atoms with Gasteiger partial charge in [0.25, 0.3) is 0 Å². The number of carboxylic acids is 1. The first kappa shape index (κ1) is 13.5. The van der Waals surface area contributed by atoms with E-state index in [0.717, 1.165) is 23.1 Å². The zero-order valence-electron chi connectivity index (χ0n) is 10.8. The fraction of sp³-hybridized carbons (Fsp3) is 0.286. The number of rotatable bonds is 5. The fourth-order valence-corrected chi connectivity index (χ4v) is 2.71. The van der Waals surface area contributed by atoms with Crippen LogP contribution in [0.1, 0.15) is 28.6 Å². The summed E-state index contributed by atoms with van der Waals surface area (Å²) in [4.78, 5) is 15.6. The van der Waals surface area contributed by atoms with Gasteiger partial charge >= 0.3 is 5.97 Å². The summed E-state index contributed by atoms with van der Waals surface area (Å²) in [6.07, 6.45) is 4.32. The molecule has 0 spiro atoms. The normalized spacial score (nSPS) is 10.4. The molecule has 0 saturated heterocycles. The average Bonchev–Trinajstić information content (AvgIpc) is 2.78. The summed E-state index contributed by atoms with van der Waals surface area (Å²) in [5.74, 6) is -0.179. The van der Waals surface area contributed by atoms with Crippen molar-refractivity contribution in [2.75, 3.05) is 6.61 Å². The molecule has 100 valence electrons. The van der Waals surface area contributed by atoms with Crippen LogP contribution in [0, 0.1) is 6.92 Å². The lowest BCUT2D eigenvalue weighted by Gasteiger charge is -2.06. The third-order valence-corrected chi connectivity index (χ3v) is 3.80. The molecule has 1 N–H and O–H groups in total. The zero-order valence-corrected chi connectivity index (χ0v) is 11.7. The van der Waals surface area contributed by atoms with Gasteiger partial charge in [0.1, 0.15) is 10.6 Å². The van der Waals surface area contributed by atoms with Crippen molar-refractivity contribution in [3.05, 3.63) is 34.3 Å². The Hall–Kier alpha value is -1.88. The van der Waals surface area contributed by atoms with Crippen LogP contribution in [-0.2, 0) is 0 Å². The van der Waals surface area contributed by atoms with E-state index in [-0.39, 0.29) is 0 Å². The SMILES string of the molecule is CCCOc1cncc(-c2csc(C(=O)O)c2C)c1. The highest BCUT2D eigenvalue weighted by Gasteiger charge is 2.15. The minimum atomic E-state index is -0.889. The second-order valence-corrected chi connectivity index (χ2v) is 5.05. The van der Waals surface area contributed by atoms with Crippen molar-refractivity contribution in [3.63, 3.8) is 0 Å². The highest BCUT2D eigenvalue weighted by atomic mass is 32.1. The summed E-state index contributed by atoms with van der Waals surface area (Å²) in [6, 6.07) is 1.89. The van der Waals surface area contributed by atoms with Gasteiger partial charge in [0.2, 0.25) is 0 Å². The standard InChI is InChI=1S/C14H15NO3S/c1-3-4-18-11-5-10(6-15-7-11)12-8-19-13(9(12)2)14(16)17/h5-8H,3-4H2,1-2H3,(H,16,17). The van der Waals surface area contributed by atoms with Crippen LogP contribution in [-0.4, -0.2) is 22.7 Å². The largest absolute Gasteiger partial charge is 0.492 e. The van der Waals surface area contributed by atoms with Crippen molar-refractivity contribution in [1.29, 1.82) is 0 Å². The summed E-state index contributed by atoms with van der Waals surface area (Å²) in [5.41, 5.74) is 2.55. The van der Waals surface area contributed by atoms with E-state index in [1.807, 2.05) is 25.3 Å². The predicted octanol–water partition coefficient (Wildman–Crippen LogP) is 3.61. The zero-order chi connectivity index (χ0) is 13.8. The Morgan fingerprint density at radius 3 is 2.89 bits per heavy atom. The van der Waals surface area contributed by atoms with Gasteiger partial charge in [-0.15, -0.1) is 11.3 Å². The molecule has 0 aromatic carbocycles. The van der Waals surface area contributed by atoms with Crippen molar-refractivity contribution in [2.45, 2.75) is 20.3 Å². The average molecular weight is 277 g/mol. The van der Waals surface area contributed by atoms with E-state index < -0.39 is 5.97 Å². The molecular weight excluding hydrogens is 262 g/mol. The van der Waals surface area contributed by atoms with Gasteiger partial charge in [-0.3, -0.25) is 4.98 Å². The molecule has 4 nitrogen and oxygen atoms in total. The lowest BCUT2D eigenvalue weighted by molar-refractivity contribution is 0.0701. The van der Waals surface area contributed by atoms with E-state index >= 15 is 0 Å². The Bertz CT molecular complexity index is 592. The lowest BCUT2D eigenvalue weighted by Crippen LogP contribution is -1.96. The Balaban J connectivity index is 2.34. The molecule has 0 amide bonds. The summed E-state index contributed by atoms with van der Waals surface area (Å²) >= 11 is 1.23. The summed E-state index contributed by atoms with van der Waals surface area (Å²) < 4.78 is 5.54. The Kier molecular flexibility index (Phi) is 4.16. The number of aromatic nitrogens is 1. The smallest absolute Gasteiger partial charge is 0.346 e. The van der Waals surface area contributed by atoms with E-state index in [1.165, 1.54) is 11.3 Å². The summed E-state index contributed by atoms with van der Waals surface area (Å²) in [7, 11) is 0.